The van der Waals surface area contributed by atoms with Crippen LogP contribution in [0.25, 0.3) is 0 Å². The molecule has 0 saturated carbocycles. The molecule has 0 radical (unpaired) electrons. The summed E-state index contributed by atoms with van der Waals surface area (Å²) in [4.78, 5) is 13.3. The molecule has 21 heavy (non-hydrogen) atoms. The van der Waals surface area contributed by atoms with E-state index in [9.17, 15) is 4.79 Å². The topological polar surface area (TPSA) is 108 Å². The second-order valence-electron chi connectivity index (χ2n) is 4.64. The maximum Gasteiger partial charge on any atom is 0.287 e. The molecule has 1 heterocycles. The third-order valence-corrected chi connectivity index (χ3v) is 2.86. The molecule has 0 fully saturated rings. The van der Waals surface area contributed by atoms with Gasteiger partial charge in [0.2, 0.25) is 0 Å². The molecule has 0 bridgehead atoms. The molecule has 3 N–H and O–H groups in total. The minimum atomic E-state index is -0.491. The predicted molar refractivity (Wildman–Crippen MR) is 74.5 cm³/mol. The SMILES string of the molecule is CN(Cc1cccc(C#N)c1)Cc1cc(C(=O)NN)no1. The van der Waals surface area contributed by atoms with E-state index in [1.165, 1.54) is 0 Å². The van der Waals surface area contributed by atoms with Crippen molar-refractivity contribution < 1.29 is 9.32 Å². The van der Waals surface area contributed by atoms with Crippen molar-refractivity contribution >= 4 is 5.91 Å². The number of hydrogen-bond donors (Lipinski definition) is 2. The number of hydrazine groups is 1. The van der Waals surface area contributed by atoms with Gasteiger partial charge in [-0.25, -0.2) is 5.84 Å². The third-order valence-electron chi connectivity index (χ3n) is 2.86. The molecule has 108 valence electrons. The summed E-state index contributed by atoms with van der Waals surface area (Å²) in [5.41, 5.74) is 3.79. The van der Waals surface area contributed by atoms with Crippen LogP contribution in [-0.2, 0) is 13.1 Å². The van der Waals surface area contributed by atoms with Crippen molar-refractivity contribution in [1.82, 2.24) is 15.5 Å². The van der Waals surface area contributed by atoms with Gasteiger partial charge in [-0.15, -0.1) is 0 Å². The summed E-state index contributed by atoms with van der Waals surface area (Å²) in [6.45, 7) is 1.14. The van der Waals surface area contributed by atoms with Gasteiger partial charge in [-0.2, -0.15) is 5.26 Å². The lowest BCUT2D eigenvalue weighted by Crippen LogP contribution is -2.30. The molecule has 0 aliphatic heterocycles. The van der Waals surface area contributed by atoms with E-state index >= 15 is 0 Å². The molecule has 0 aliphatic carbocycles. The standard InChI is InChI=1S/C14H15N5O2/c1-19(8-11-4-2-3-10(5-11)7-15)9-12-6-13(18-21-12)14(20)17-16/h2-6H,8-9,16H2,1H3,(H,17,20). The van der Waals surface area contributed by atoms with Crippen molar-refractivity contribution in [2.75, 3.05) is 7.05 Å². The lowest BCUT2D eigenvalue weighted by Gasteiger charge is -2.14. The zero-order valence-electron chi connectivity index (χ0n) is 11.5. The summed E-state index contributed by atoms with van der Waals surface area (Å²) in [6, 6.07) is 11.1. The highest BCUT2D eigenvalue weighted by atomic mass is 16.5. The van der Waals surface area contributed by atoms with E-state index in [4.69, 9.17) is 15.6 Å². The molecule has 0 aliphatic rings. The maximum atomic E-state index is 11.3. The highest BCUT2D eigenvalue weighted by Crippen LogP contribution is 2.11. The highest BCUT2D eigenvalue weighted by Gasteiger charge is 2.12. The fourth-order valence-corrected chi connectivity index (χ4v) is 1.94. The van der Waals surface area contributed by atoms with Gasteiger partial charge >= 0.3 is 0 Å². The Kier molecular flexibility index (Phi) is 4.66. The van der Waals surface area contributed by atoms with Crippen LogP contribution in [0.3, 0.4) is 0 Å². The van der Waals surface area contributed by atoms with Crippen LogP contribution in [0.5, 0.6) is 0 Å². The zero-order chi connectivity index (χ0) is 15.2. The quantitative estimate of drug-likeness (QED) is 0.477. The van der Waals surface area contributed by atoms with Crippen LogP contribution in [-0.4, -0.2) is 23.0 Å². The van der Waals surface area contributed by atoms with Crippen LogP contribution in [0.15, 0.2) is 34.9 Å². The Labute approximate surface area is 121 Å². The smallest absolute Gasteiger partial charge is 0.287 e. The summed E-state index contributed by atoms with van der Waals surface area (Å²) in [7, 11) is 1.91. The lowest BCUT2D eigenvalue weighted by atomic mass is 10.1. The van der Waals surface area contributed by atoms with Gasteiger partial charge < -0.3 is 4.52 Å². The minimum absolute atomic E-state index is 0.146. The van der Waals surface area contributed by atoms with Crippen molar-refractivity contribution in [2.45, 2.75) is 13.1 Å². The number of rotatable bonds is 5. The molecular weight excluding hydrogens is 270 g/mol. The molecule has 2 aromatic rings. The van der Waals surface area contributed by atoms with Crippen LogP contribution < -0.4 is 11.3 Å². The van der Waals surface area contributed by atoms with E-state index in [0.29, 0.717) is 24.4 Å². The predicted octanol–water partition coefficient (Wildman–Crippen LogP) is 0.782. The molecular formula is C14H15N5O2. The van der Waals surface area contributed by atoms with Crippen molar-refractivity contribution in [2.24, 2.45) is 5.84 Å². The molecule has 1 aromatic carbocycles. The van der Waals surface area contributed by atoms with Crippen LogP contribution in [0.2, 0.25) is 0 Å². The van der Waals surface area contributed by atoms with Gasteiger partial charge in [-0.05, 0) is 24.7 Å². The maximum absolute atomic E-state index is 11.3. The minimum Gasteiger partial charge on any atom is -0.359 e. The van der Waals surface area contributed by atoms with E-state index in [2.05, 4.69) is 11.2 Å². The number of nitriles is 1. The van der Waals surface area contributed by atoms with Crippen LogP contribution >= 0.6 is 0 Å². The number of benzene rings is 1. The number of hydrogen-bond acceptors (Lipinski definition) is 6. The summed E-state index contributed by atoms with van der Waals surface area (Å²) in [6.07, 6.45) is 0. The third kappa shape index (κ3) is 3.89. The Morgan fingerprint density at radius 2 is 2.29 bits per heavy atom. The molecule has 0 unspecified atom stereocenters. The fourth-order valence-electron chi connectivity index (χ4n) is 1.94. The van der Waals surface area contributed by atoms with Gasteiger partial charge in [-0.3, -0.25) is 15.1 Å². The van der Waals surface area contributed by atoms with Crippen molar-refractivity contribution in [1.29, 1.82) is 5.26 Å². The molecule has 0 saturated heterocycles. The summed E-state index contributed by atoms with van der Waals surface area (Å²) >= 11 is 0. The van der Waals surface area contributed by atoms with E-state index in [1.54, 1.807) is 12.1 Å². The molecule has 1 amide bonds. The Morgan fingerprint density at radius 1 is 1.48 bits per heavy atom. The lowest BCUT2D eigenvalue weighted by molar-refractivity contribution is 0.0944. The Balaban J connectivity index is 1.98. The molecule has 7 nitrogen and oxygen atoms in total. The highest BCUT2D eigenvalue weighted by molar-refractivity contribution is 5.91. The summed E-state index contributed by atoms with van der Waals surface area (Å²) < 4.78 is 5.08. The first kappa shape index (κ1) is 14.7. The Bertz CT molecular complexity index is 674. The van der Waals surface area contributed by atoms with Gasteiger partial charge in [0.25, 0.3) is 5.91 Å². The first-order chi connectivity index (χ1) is 10.1. The van der Waals surface area contributed by atoms with Gasteiger partial charge in [0.15, 0.2) is 11.5 Å². The second-order valence-corrected chi connectivity index (χ2v) is 4.64. The number of carbonyl (C=O) groups excluding carboxylic acids is 1. The first-order valence-corrected chi connectivity index (χ1v) is 6.26. The van der Waals surface area contributed by atoms with E-state index in [1.807, 2.05) is 35.6 Å². The number of nitrogens with two attached hydrogens (primary N) is 1. The molecule has 0 spiro atoms. The van der Waals surface area contributed by atoms with E-state index in [-0.39, 0.29) is 5.69 Å². The number of carbonyl (C=O) groups is 1. The average Bonchev–Trinajstić information content (AvgIpc) is 2.94. The Morgan fingerprint density at radius 3 is 3.00 bits per heavy atom. The molecule has 7 heteroatoms. The number of amides is 1. The van der Waals surface area contributed by atoms with Gasteiger partial charge in [0.05, 0.1) is 18.2 Å². The van der Waals surface area contributed by atoms with Gasteiger partial charge in [0.1, 0.15) is 0 Å². The monoisotopic (exact) mass is 285 g/mol. The number of aromatic nitrogens is 1. The second kappa shape index (κ2) is 6.65. The van der Waals surface area contributed by atoms with Crippen molar-refractivity contribution in [3.63, 3.8) is 0 Å². The van der Waals surface area contributed by atoms with Crippen LogP contribution in [0.4, 0.5) is 0 Å². The summed E-state index contributed by atoms with van der Waals surface area (Å²) in [5.74, 6) is 5.10. The molecule has 2 rings (SSSR count). The van der Waals surface area contributed by atoms with Crippen molar-refractivity contribution in [3.05, 3.63) is 52.9 Å². The number of nitrogens with zero attached hydrogens (tertiary/aromatic N) is 3. The van der Waals surface area contributed by atoms with E-state index < -0.39 is 5.91 Å². The molecule has 1 aromatic heterocycles. The largest absolute Gasteiger partial charge is 0.359 e. The number of nitrogen functional groups attached to an aromatic ring is 1. The Hall–Kier alpha value is -2.69. The van der Waals surface area contributed by atoms with Gasteiger partial charge in [-0.1, -0.05) is 17.3 Å². The summed E-state index contributed by atoms with van der Waals surface area (Å²) in [5, 5.41) is 12.5. The van der Waals surface area contributed by atoms with Crippen molar-refractivity contribution in [3.8, 4) is 6.07 Å². The zero-order valence-corrected chi connectivity index (χ0v) is 11.5. The van der Waals surface area contributed by atoms with Crippen LogP contribution in [0, 0.1) is 11.3 Å². The normalized spacial score (nSPS) is 10.4. The number of nitrogens with one attached hydrogen (secondary N) is 1. The fraction of sp³-hybridized carbons (Fsp3) is 0.214. The van der Waals surface area contributed by atoms with Crippen LogP contribution in [0.1, 0.15) is 27.4 Å². The first-order valence-electron chi connectivity index (χ1n) is 6.26. The van der Waals surface area contributed by atoms with E-state index in [0.717, 1.165) is 5.56 Å². The van der Waals surface area contributed by atoms with Gasteiger partial charge in [0, 0.05) is 12.6 Å². The average molecular weight is 285 g/mol. The molecule has 0 atom stereocenters.